The molecule has 0 unspecified atom stereocenters. The number of carbonyl (C=O) groups is 1. The molecule has 0 fully saturated rings. The van der Waals surface area contributed by atoms with Crippen LogP contribution in [-0.4, -0.2) is 28.4 Å². The van der Waals surface area contributed by atoms with E-state index in [2.05, 4.69) is 39.9 Å². The standard InChI is InChI=1S/C15H31NOS2/c1-13(2,3)12(17)11-15(7,8)19-18-10-9-16-14(4,5)6/h16H,9-11H2,1-8H3. The summed E-state index contributed by atoms with van der Waals surface area (Å²) in [6, 6.07) is 0. The highest BCUT2D eigenvalue weighted by Crippen LogP contribution is 2.39. The molecule has 4 heteroatoms. The minimum atomic E-state index is -0.226. The van der Waals surface area contributed by atoms with Crippen molar-refractivity contribution in [3.05, 3.63) is 0 Å². The molecule has 0 heterocycles. The minimum Gasteiger partial charge on any atom is -0.311 e. The lowest BCUT2D eigenvalue weighted by molar-refractivity contribution is -0.126. The maximum atomic E-state index is 12.1. The summed E-state index contributed by atoms with van der Waals surface area (Å²) in [5.74, 6) is 1.41. The Morgan fingerprint density at radius 2 is 1.53 bits per heavy atom. The van der Waals surface area contributed by atoms with Crippen molar-refractivity contribution < 1.29 is 4.79 Å². The molecule has 19 heavy (non-hydrogen) atoms. The van der Waals surface area contributed by atoms with Crippen LogP contribution in [0.25, 0.3) is 0 Å². The van der Waals surface area contributed by atoms with Crippen LogP contribution in [0, 0.1) is 5.41 Å². The van der Waals surface area contributed by atoms with Gasteiger partial charge in [-0.15, -0.1) is 0 Å². The van der Waals surface area contributed by atoms with Crippen molar-refractivity contribution in [1.29, 1.82) is 0 Å². The summed E-state index contributed by atoms with van der Waals surface area (Å²) in [6.07, 6.45) is 0.640. The fourth-order valence-electron chi connectivity index (χ4n) is 1.35. The van der Waals surface area contributed by atoms with Crippen LogP contribution in [0.4, 0.5) is 0 Å². The van der Waals surface area contributed by atoms with Gasteiger partial charge >= 0.3 is 0 Å². The molecule has 0 aromatic carbocycles. The second kappa shape index (κ2) is 7.37. The van der Waals surface area contributed by atoms with Crippen molar-refractivity contribution >= 4 is 27.4 Å². The van der Waals surface area contributed by atoms with Gasteiger partial charge in [-0.3, -0.25) is 4.79 Å². The Labute approximate surface area is 127 Å². The molecule has 0 saturated heterocycles. The zero-order valence-electron chi connectivity index (χ0n) is 13.8. The summed E-state index contributed by atoms with van der Waals surface area (Å²) in [6.45, 7) is 17.8. The average Bonchev–Trinajstić information content (AvgIpc) is 2.12. The van der Waals surface area contributed by atoms with Gasteiger partial charge in [0.2, 0.25) is 0 Å². The number of hydrogen-bond acceptors (Lipinski definition) is 4. The molecule has 1 N–H and O–H groups in total. The summed E-state index contributed by atoms with van der Waals surface area (Å²) in [4.78, 5) is 12.1. The molecule has 0 aromatic heterocycles. The van der Waals surface area contributed by atoms with Crippen LogP contribution in [-0.2, 0) is 4.79 Å². The second-order valence-corrected chi connectivity index (χ2v) is 10.8. The number of hydrogen-bond donors (Lipinski definition) is 1. The van der Waals surface area contributed by atoms with E-state index in [-0.39, 0.29) is 15.7 Å². The van der Waals surface area contributed by atoms with Gasteiger partial charge in [-0.25, -0.2) is 0 Å². The van der Waals surface area contributed by atoms with Gasteiger partial charge in [0.05, 0.1) is 0 Å². The van der Waals surface area contributed by atoms with Crippen molar-refractivity contribution in [3.63, 3.8) is 0 Å². The monoisotopic (exact) mass is 305 g/mol. The maximum absolute atomic E-state index is 12.1. The fraction of sp³-hybridized carbons (Fsp3) is 0.933. The zero-order valence-corrected chi connectivity index (χ0v) is 15.5. The molecule has 0 spiro atoms. The third-order valence-electron chi connectivity index (χ3n) is 2.55. The number of carbonyl (C=O) groups excluding carboxylic acids is 1. The molecule has 0 aromatic rings. The quantitative estimate of drug-likeness (QED) is 0.552. The third kappa shape index (κ3) is 10.7. The van der Waals surface area contributed by atoms with Crippen LogP contribution >= 0.6 is 21.6 Å². The minimum absolute atomic E-state index is 0.0107. The molecular weight excluding hydrogens is 274 g/mol. The first-order valence-corrected chi connectivity index (χ1v) is 9.24. The van der Waals surface area contributed by atoms with E-state index in [4.69, 9.17) is 0 Å². The molecule has 0 bridgehead atoms. The molecule has 0 atom stereocenters. The lowest BCUT2D eigenvalue weighted by Gasteiger charge is -2.27. The summed E-state index contributed by atoms with van der Waals surface area (Å²) < 4.78 is 0.0107. The summed E-state index contributed by atoms with van der Waals surface area (Å²) in [7, 11) is 3.69. The first-order chi connectivity index (χ1) is 8.33. The first-order valence-electron chi connectivity index (χ1n) is 6.92. The van der Waals surface area contributed by atoms with E-state index in [9.17, 15) is 4.79 Å². The van der Waals surface area contributed by atoms with E-state index < -0.39 is 0 Å². The van der Waals surface area contributed by atoms with E-state index >= 15 is 0 Å². The number of Topliss-reactive ketones (excluding diaryl/α,β-unsaturated/α-hetero) is 1. The smallest absolute Gasteiger partial charge is 0.139 e. The van der Waals surface area contributed by atoms with E-state index in [1.807, 2.05) is 42.4 Å². The van der Waals surface area contributed by atoms with Crippen LogP contribution in [0.15, 0.2) is 0 Å². The van der Waals surface area contributed by atoms with E-state index in [0.717, 1.165) is 12.3 Å². The van der Waals surface area contributed by atoms with Gasteiger partial charge in [-0.2, -0.15) is 0 Å². The van der Waals surface area contributed by atoms with Gasteiger partial charge in [0, 0.05) is 34.4 Å². The Kier molecular flexibility index (Phi) is 7.50. The summed E-state index contributed by atoms with van der Waals surface area (Å²) >= 11 is 0. The average molecular weight is 306 g/mol. The number of ketones is 1. The molecule has 0 saturated carbocycles. The largest absolute Gasteiger partial charge is 0.311 e. The normalized spacial score (nSPS) is 13.7. The Hall–Kier alpha value is 0.330. The Morgan fingerprint density at radius 1 is 1.00 bits per heavy atom. The van der Waals surface area contributed by atoms with Crippen LogP contribution in [0.2, 0.25) is 0 Å². The van der Waals surface area contributed by atoms with E-state index in [1.54, 1.807) is 0 Å². The molecule has 2 nitrogen and oxygen atoms in total. The molecule has 0 aliphatic heterocycles. The van der Waals surface area contributed by atoms with Gasteiger partial charge < -0.3 is 5.32 Å². The summed E-state index contributed by atoms with van der Waals surface area (Å²) in [5, 5.41) is 3.47. The highest BCUT2D eigenvalue weighted by molar-refractivity contribution is 8.77. The highest BCUT2D eigenvalue weighted by atomic mass is 33.1. The van der Waals surface area contributed by atoms with Crippen LogP contribution in [0.5, 0.6) is 0 Å². The molecule has 0 aliphatic carbocycles. The predicted molar refractivity (Wildman–Crippen MR) is 91.0 cm³/mol. The summed E-state index contributed by atoms with van der Waals surface area (Å²) in [5.41, 5.74) is -0.0424. The lowest BCUT2D eigenvalue weighted by Crippen LogP contribution is -2.37. The SMILES string of the molecule is CC(C)(C)NCCSSC(C)(C)CC(=O)C(C)(C)C. The van der Waals surface area contributed by atoms with Gasteiger partial charge in [0.1, 0.15) is 5.78 Å². The van der Waals surface area contributed by atoms with Crippen molar-refractivity contribution in [2.24, 2.45) is 5.41 Å². The number of rotatable bonds is 7. The highest BCUT2D eigenvalue weighted by Gasteiger charge is 2.29. The number of nitrogens with one attached hydrogen (secondary N) is 1. The van der Waals surface area contributed by atoms with E-state index in [1.165, 1.54) is 0 Å². The Morgan fingerprint density at radius 3 is 1.95 bits per heavy atom. The maximum Gasteiger partial charge on any atom is 0.139 e. The first kappa shape index (κ1) is 19.3. The van der Waals surface area contributed by atoms with Gasteiger partial charge in [-0.05, 0) is 34.6 Å². The lowest BCUT2D eigenvalue weighted by atomic mass is 9.86. The van der Waals surface area contributed by atoms with Crippen molar-refractivity contribution in [3.8, 4) is 0 Å². The van der Waals surface area contributed by atoms with Gasteiger partial charge in [-0.1, -0.05) is 42.4 Å². The van der Waals surface area contributed by atoms with Crippen molar-refractivity contribution in [1.82, 2.24) is 5.32 Å². The molecule has 0 amide bonds. The molecule has 0 radical (unpaired) electrons. The fourth-order valence-corrected chi connectivity index (χ4v) is 3.76. The Bertz CT molecular complexity index is 288. The molecule has 114 valence electrons. The zero-order chi connectivity index (χ0) is 15.3. The van der Waals surface area contributed by atoms with Crippen LogP contribution < -0.4 is 5.32 Å². The topological polar surface area (TPSA) is 29.1 Å². The van der Waals surface area contributed by atoms with Crippen molar-refractivity contribution in [2.75, 3.05) is 12.3 Å². The molecule has 0 rings (SSSR count). The van der Waals surface area contributed by atoms with E-state index in [0.29, 0.717) is 12.2 Å². The van der Waals surface area contributed by atoms with Gasteiger partial charge in [0.15, 0.2) is 0 Å². The molecular formula is C15H31NOS2. The Balaban J connectivity index is 3.95. The third-order valence-corrected chi connectivity index (χ3v) is 5.84. The van der Waals surface area contributed by atoms with Crippen LogP contribution in [0.3, 0.4) is 0 Å². The van der Waals surface area contributed by atoms with Crippen molar-refractivity contribution in [2.45, 2.75) is 72.1 Å². The second-order valence-electron chi connectivity index (χ2n) is 7.69. The molecule has 0 aliphatic rings. The van der Waals surface area contributed by atoms with Crippen LogP contribution in [0.1, 0.15) is 61.8 Å². The van der Waals surface area contributed by atoms with Gasteiger partial charge in [0.25, 0.3) is 0 Å². The predicted octanol–water partition coefficient (Wildman–Crippen LogP) is 4.54.